The second-order valence-electron chi connectivity index (χ2n) is 8.12. The van der Waals surface area contributed by atoms with Gasteiger partial charge in [0.1, 0.15) is 9.81 Å². The van der Waals surface area contributed by atoms with Crippen molar-refractivity contribution in [2.75, 3.05) is 31.6 Å². The first-order valence-electron chi connectivity index (χ1n) is 10.1. The van der Waals surface area contributed by atoms with Crippen LogP contribution in [0, 0.1) is 0 Å². The lowest BCUT2D eigenvalue weighted by Gasteiger charge is -2.25. The summed E-state index contributed by atoms with van der Waals surface area (Å²) in [5.74, 6) is -0.306. The van der Waals surface area contributed by atoms with Gasteiger partial charge in [0, 0.05) is 29.2 Å². The number of benzene rings is 1. The lowest BCUT2D eigenvalue weighted by Crippen LogP contribution is -2.40. The molecule has 174 valence electrons. The van der Waals surface area contributed by atoms with Crippen LogP contribution in [0.1, 0.15) is 36.0 Å². The number of morpholine rings is 1. The molecule has 3 rings (SSSR count). The zero-order valence-corrected chi connectivity index (χ0v) is 19.8. The molecular weight excluding hydrogens is 454 g/mol. The van der Waals surface area contributed by atoms with E-state index in [-0.39, 0.29) is 16.7 Å². The monoisotopic (exact) mass is 481 g/mol. The van der Waals surface area contributed by atoms with Crippen molar-refractivity contribution >= 4 is 39.0 Å². The van der Waals surface area contributed by atoms with Gasteiger partial charge in [-0.25, -0.2) is 13.2 Å². The van der Waals surface area contributed by atoms with Crippen LogP contribution >= 0.6 is 11.3 Å². The number of carbonyl (C=O) groups excluding carboxylic acids is 2. The second-order valence-corrected chi connectivity index (χ2v) is 11.5. The predicted octanol–water partition coefficient (Wildman–Crippen LogP) is 3.05. The number of carbonyl (C=O) groups is 2. The lowest BCUT2D eigenvalue weighted by molar-refractivity contribution is 0.0635. The number of ether oxygens (including phenoxy) is 2. The molecule has 2 N–H and O–H groups in total. The van der Waals surface area contributed by atoms with E-state index in [9.17, 15) is 18.0 Å². The van der Waals surface area contributed by atoms with E-state index in [1.807, 2.05) is 0 Å². The standard InChI is InChI=1S/C21H27N3O6S2/c1-21(2,3)30-20(26)23-16-6-4-15(5-7-16)19(25)22-14-17-8-9-18(31-17)32(27,28)24-10-12-29-13-11-24/h4-9H,10-14H2,1-3H3,(H,22,25)(H,23,26). The summed E-state index contributed by atoms with van der Waals surface area (Å²) in [6.45, 7) is 6.98. The van der Waals surface area contributed by atoms with Gasteiger partial charge in [0.25, 0.3) is 15.9 Å². The third kappa shape index (κ3) is 6.52. The normalized spacial score (nSPS) is 15.2. The molecule has 0 saturated carbocycles. The first-order chi connectivity index (χ1) is 15.0. The molecule has 2 heterocycles. The lowest BCUT2D eigenvalue weighted by atomic mass is 10.2. The van der Waals surface area contributed by atoms with E-state index < -0.39 is 21.7 Å². The zero-order valence-electron chi connectivity index (χ0n) is 18.2. The first-order valence-corrected chi connectivity index (χ1v) is 12.4. The highest BCUT2D eigenvalue weighted by Gasteiger charge is 2.27. The largest absolute Gasteiger partial charge is 0.444 e. The molecular formula is C21H27N3O6S2. The van der Waals surface area contributed by atoms with Crippen LogP contribution in [-0.2, 0) is 26.0 Å². The Hall–Kier alpha value is -2.47. The summed E-state index contributed by atoms with van der Waals surface area (Å²) < 4.78 is 37.5. The number of anilines is 1. The highest BCUT2D eigenvalue weighted by atomic mass is 32.2. The molecule has 32 heavy (non-hydrogen) atoms. The van der Waals surface area contributed by atoms with Crippen LogP contribution in [-0.4, -0.2) is 56.6 Å². The smallest absolute Gasteiger partial charge is 0.412 e. The summed E-state index contributed by atoms with van der Waals surface area (Å²) >= 11 is 1.14. The number of nitrogens with zero attached hydrogens (tertiary/aromatic N) is 1. The van der Waals surface area contributed by atoms with E-state index in [0.29, 0.717) is 37.6 Å². The van der Waals surface area contributed by atoms with Crippen molar-refractivity contribution in [2.45, 2.75) is 37.1 Å². The number of amides is 2. The average Bonchev–Trinajstić information content (AvgIpc) is 3.22. The van der Waals surface area contributed by atoms with Crippen LogP contribution in [0.5, 0.6) is 0 Å². The van der Waals surface area contributed by atoms with Gasteiger partial charge in [-0.05, 0) is 57.2 Å². The molecule has 1 aliphatic rings. The van der Waals surface area contributed by atoms with Gasteiger partial charge in [-0.2, -0.15) is 4.31 Å². The van der Waals surface area contributed by atoms with Crippen LogP contribution in [0.15, 0.2) is 40.6 Å². The molecule has 1 aliphatic heterocycles. The zero-order chi connectivity index (χ0) is 23.4. The molecule has 9 nitrogen and oxygen atoms in total. The van der Waals surface area contributed by atoms with Crippen molar-refractivity contribution in [3.05, 3.63) is 46.8 Å². The van der Waals surface area contributed by atoms with E-state index >= 15 is 0 Å². The first kappa shape index (κ1) is 24.2. The quantitative estimate of drug-likeness (QED) is 0.656. The van der Waals surface area contributed by atoms with Crippen molar-refractivity contribution in [3.8, 4) is 0 Å². The van der Waals surface area contributed by atoms with E-state index in [4.69, 9.17) is 9.47 Å². The number of sulfonamides is 1. The second kappa shape index (κ2) is 9.99. The molecule has 0 spiro atoms. The highest BCUT2D eigenvalue weighted by Crippen LogP contribution is 2.25. The number of rotatable bonds is 6. The maximum absolute atomic E-state index is 12.7. The van der Waals surface area contributed by atoms with E-state index in [1.54, 1.807) is 57.2 Å². The van der Waals surface area contributed by atoms with Gasteiger partial charge in [-0.3, -0.25) is 10.1 Å². The Kier molecular flexibility index (Phi) is 7.55. The topological polar surface area (TPSA) is 114 Å². The maximum Gasteiger partial charge on any atom is 0.412 e. The number of hydrogen-bond acceptors (Lipinski definition) is 7. The summed E-state index contributed by atoms with van der Waals surface area (Å²) in [7, 11) is -3.54. The van der Waals surface area contributed by atoms with Crippen molar-refractivity contribution in [3.63, 3.8) is 0 Å². The van der Waals surface area contributed by atoms with Gasteiger partial charge >= 0.3 is 6.09 Å². The summed E-state index contributed by atoms with van der Waals surface area (Å²) in [4.78, 5) is 25.0. The molecule has 0 bridgehead atoms. The van der Waals surface area contributed by atoms with Gasteiger partial charge in [-0.1, -0.05) is 0 Å². The molecule has 2 amide bonds. The number of thiophene rings is 1. The predicted molar refractivity (Wildman–Crippen MR) is 121 cm³/mol. The molecule has 0 radical (unpaired) electrons. The Morgan fingerprint density at radius 2 is 1.75 bits per heavy atom. The Balaban J connectivity index is 1.54. The summed E-state index contributed by atoms with van der Waals surface area (Å²) in [5.41, 5.74) is 0.317. The van der Waals surface area contributed by atoms with Gasteiger partial charge < -0.3 is 14.8 Å². The minimum Gasteiger partial charge on any atom is -0.444 e. The van der Waals surface area contributed by atoms with Crippen LogP contribution in [0.25, 0.3) is 0 Å². The van der Waals surface area contributed by atoms with Gasteiger partial charge in [-0.15, -0.1) is 11.3 Å². The average molecular weight is 482 g/mol. The van der Waals surface area contributed by atoms with Crippen molar-refractivity contribution in [2.24, 2.45) is 0 Å². The minimum atomic E-state index is -3.54. The van der Waals surface area contributed by atoms with Gasteiger partial charge in [0.05, 0.1) is 19.8 Å². The maximum atomic E-state index is 12.7. The fourth-order valence-electron chi connectivity index (χ4n) is 2.90. The summed E-state index contributed by atoms with van der Waals surface area (Å²) in [6.07, 6.45) is -0.574. The molecule has 0 unspecified atom stereocenters. The summed E-state index contributed by atoms with van der Waals surface area (Å²) in [6, 6.07) is 9.66. The molecule has 2 aromatic rings. The molecule has 1 aromatic heterocycles. The third-order valence-corrected chi connectivity index (χ3v) is 7.87. The fourth-order valence-corrected chi connectivity index (χ4v) is 5.76. The minimum absolute atomic E-state index is 0.208. The highest BCUT2D eigenvalue weighted by molar-refractivity contribution is 7.91. The van der Waals surface area contributed by atoms with Crippen molar-refractivity contribution < 1.29 is 27.5 Å². The number of nitrogens with one attached hydrogen (secondary N) is 2. The van der Waals surface area contributed by atoms with Gasteiger partial charge in [0.2, 0.25) is 0 Å². The van der Waals surface area contributed by atoms with Crippen LogP contribution in [0.2, 0.25) is 0 Å². The molecule has 0 atom stereocenters. The van der Waals surface area contributed by atoms with Crippen LogP contribution in [0.3, 0.4) is 0 Å². The van der Waals surface area contributed by atoms with E-state index in [1.165, 1.54) is 4.31 Å². The Morgan fingerprint density at radius 3 is 2.38 bits per heavy atom. The Morgan fingerprint density at radius 1 is 1.09 bits per heavy atom. The Labute approximate surface area is 191 Å². The molecule has 1 fully saturated rings. The fraction of sp³-hybridized carbons (Fsp3) is 0.429. The molecule has 11 heteroatoms. The third-order valence-electron chi connectivity index (χ3n) is 4.42. The van der Waals surface area contributed by atoms with Gasteiger partial charge in [0.15, 0.2) is 0 Å². The summed E-state index contributed by atoms with van der Waals surface area (Å²) in [5, 5.41) is 5.39. The molecule has 1 saturated heterocycles. The van der Waals surface area contributed by atoms with Crippen molar-refractivity contribution in [1.82, 2.24) is 9.62 Å². The van der Waals surface area contributed by atoms with Crippen LogP contribution in [0.4, 0.5) is 10.5 Å². The van der Waals surface area contributed by atoms with E-state index in [0.717, 1.165) is 16.2 Å². The molecule has 1 aromatic carbocycles. The van der Waals surface area contributed by atoms with Crippen LogP contribution < -0.4 is 10.6 Å². The Bertz CT molecular complexity index is 1050. The van der Waals surface area contributed by atoms with Crippen molar-refractivity contribution in [1.29, 1.82) is 0 Å². The van der Waals surface area contributed by atoms with E-state index in [2.05, 4.69) is 10.6 Å². The number of hydrogen-bond donors (Lipinski definition) is 2. The SMILES string of the molecule is CC(C)(C)OC(=O)Nc1ccc(C(=O)NCc2ccc(S(=O)(=O)N3CCOCC3)s2)cc1. The molecule has 0 aliphatic carbocycles.